The molecule has 1 heterocycles. The monoisotopic (exact) mass is 446 g/mol. The second kappa shape index (κ2) is 9.49. The molecule has 0 aliphatic rings. The second-order valence-electron chi connectivity index (χ2n) is 7.71. The van der Waals surface area contributed by atoms with Gasteiger partial charge in [0.15, 0.2) is 0 Å². The van der Waals surface area contributed by atoms with Crippen molar-refractivity contribution in [1.82, 2.24) is 0 Å². The number of halogens is 1. The molecule has 0 fully saturated rings. The maximum atomic E-state index is 13.1. The number of carbonyl (C=O) groups excluding carboxylic acids is 1. The van der Waals surface area contributed by atoms with Crippen LogP contribution in [0.25, 0.3) is 22.1 Å². The van der Waals surface area contributed by atoms with Crippen LogP contribution in [0.4, 0.5) is 16.4 Å². The van der Waals surface area contributed by atoms with Gasteiger partial charge >= 0.3 is 6.03 Å². The average Bonchev–Trinajstić information content (AvgIpc) is 3.15. The summed E-state index contributed by atoms with van der Waals surface area (Å²) in [4.78, 5) is 13.1. The first-order chi connectivity index (χ1) is 15.5. The predicted octanol–water partition coefficient (Wildman–Crippen LogP) is 8.08. The number of nitrogens with one attached hydrogen (secondary N) is 2. The minimum absolute atomic E-state index is 0.344. The standard InChI is InChI=1S/C27H27ClN2O2/c1-4-17-14-15-23-21(16-17)24(20-12-7-8-13-22(20)28)26(32-23)30-27(31)29-25-18(5-2)10-9-11-19(25)6-3/h7-16H,4-6H2,1-3H3,(H2,29,30,31). The molecule has 5 heteroatoms. The topological polar surface area (TPSA) is 54.3 Å². The van der Waals surface area contributed by atoms with E-state index in [2.05, 4.69) is 37.5 Å². The third kappa shape index (κ3) is 4.23. The van der Waals surface area contributed by atoms with Crippen LogP contribution < -0.4 is 10.6 Å². The molecule has 4 nitrogen and oxygen atoms in total. The second-order valence-corrected chi connectivity index (χ2v) is 8.11. The maximum absolute atomic E-state index is 13.1. The molecule has 0 spiro atoms. The largest absolute Gasteiger partial charge is 0.440 e. The highest BCUT2D eigenvalue weighted by Gasteiger charge is 2.21. The number of aryl methyl sites for hydroxylation is 3. The Morgan fingerprint density at radius 3 is 2.25 bits per heavy atom. The molecule has 0 radical (unpaired) electrons. The number of furan rings is 1. The maximum Gasteiger partial charge on any atom is 0.326 e. The number of anilines is 2. The van der Waals surface area contributed by atoms with Crippen molar-refractivity contribution in [2.45, 2.75) is 40.0 Å². The Kier molecular flexibility index (Phi) is 6.52. The summed E-state index contributed by atoms with van der Waals surface area (Å²) in [6.07, 6.45) is 2.57. The Balaban J connectivity index is 1.76. The van der Waals surface area contributed by atoms with Crippen molar-refractivity contribution in [2.75, 3.05) is 10.6 Å². The van der Waals surface area contributed by atoms with E-state index in [9.17, 15) is 4.79 Å². The fraction of sp³-hybridized carbons (Fsp3) is 0.222. The molecule has 4 aromatic rings. The van der Waals surface area contributed by atoms with E-state index in [-0.39, 0.29) is 6.03 Å². The zero-order valence-corrected chi connectivity index (χ0v) is 19.3. The lowest BCUT2D eigenvalue weighted by Crippen LogP contribution is -2.21. The molecular formula is C27H27ClN2O2. The summed E-state index contributed by atoms with van der Waals surface area (Å²) in [5.74, 6) is 0.380. The predicted molar refractivity (Wildman–Crippen MR) is 134 cm³/mol. The molecule has 0 aliphatic carbocycles. The van der Waals surface area contributed by atoms with Gasteiger partial charge in [-0.05, 0) is 54.2 Å². The molecule has 0 bridgehead atoms. The van der Waals surface area contributed by atoms with Gasteiger partial charge in [-0.2, -0.15) is 0 Å². The van der Waals surface area contributed by atoms with Gasteiger partial charge in [-0.3, -0.25) is 5.32 Å². The highest BCUT2D eigenvalue weighted by molar-refractivity contribution is 6.34. The molecule has 1 aromatic heterocycles. The number of benzene rings is 3. The van der Waals surface area contributed by atoms with Gasteiger partial charge in [0.25, 0.3) is 0 Å². The van der Waals surface area contributed by atoms with Crippen molar-refractivity contribution >= 4 is 40.2 Å². The Bertz CT molecular complexity index is 1250. The van der Waals surface area contributed by atoms with Crippen LogP contribution in [0.15, 0.2) is 65.1 Å². The third-order valence-corrected chi connectivity index (χ3v) is 6.10. The van der Waals surface area contributed by atoms with Crippen molar-refractivity contribution in [1.29, 1.82) is 0 Å². The summed E-state index contributed by atoms with van der Waals surface area (Å²) in [6, 6.07) is 19.4. The summed E-state index contributed by atoms with van der Waals surface area (Å²) in [5, 5.41) is 7.51. The molecule has 2 amide bonds. The molecule has 0 saturated carbocycles. The minimum Gasteiger partial charge on any atom is -0.440 e. The molecule has 32 heavy (non-hydrogen) atoms. The molecular weight excluding hydrogens is 420 g/mol. The van der Waals surface area contributed by atoms with Crippen LogP contribution >= 0.6 is 11.6 Å². The fourth-order valence-corrected chi connectivity index (χ4v) is 4.27. The van der Waals surface area contributed by atoms with Crippen LogP contribution in [0.5, 0.6) is 0 Å². The number of carbonyl (C=O) groups is 1. The van der Waals surface area contributed by atoms with Gasteiger partial charge < -0.3 is 9.73 Å². The molecule has 164 valence electrons. The Labute approximate surface area is 193 Å². The smallest absolute Gasteiger partial charge is 0.326 e. The van der Waals surface area contributed by atoms with Crippen LogP contribution in [0.1, 0.15) is 37.5 Å². The number of urea groups is 1. The zero-order valence-electron chi connectivity index (χ0n) is 18.6. The van der Waals surface area contributed by atoms with Gasteiger partial charge in [0, 0.05) is 21.7 Å². The number of rotatable bonds is 6. The molecule has 0 aliphatic heterocycles. The number of para-hydroxylation sites is 1. The van der Waals surface area contributed by atoms with E-state index >= 15 is 0 Å². The molecule has 2 N–H and O–H groups in total. The van der Waals surface area contributed by atoms with Crippen LogP contribution in [0, 0.1) is 0 Å². The first-order valence-electron chi connectivity index (χ1n) is 11.0. The summed E-state index contributed by atoms with van der Waals surface area (Å²) in [6.45, 7) is 6.27. The van der Waals surface area contributed by atoms with Gasteiger partial charge in [-0.25, -0.2) is 4.79 Å². The van der Waals surface area contributed by atoms with E-state index in [1.54, 1.807) is 0 Å². The first-order valence-corrected chi connectivity index (χ1v) is 11.4. The lowest BCUT2D eigenvalue weighted by molar-refractivity contribution is 0.261. The van der Waals surface area contributed by atoms with Gasteiger partial charge in [0.05, 0.1) is 5.56 Å². The Hall–Kier alpha value is -3.24. The Morgan fingerprint density at radius 1 is 0.875 bits per heavy atom. The minimum atomic E-state index is -0.344. The SMILES string of the molecule is CCc1ccc2oc(NC(=O)Nc3c(CC)cccc3CC)c(-c3ccccc3Cl)c2c1. The van der Waals surface area contributed by atoms with Crippen molar-refractivity contribution in [3.8, 4) is 11.1 Å². The molecule has 0 unspecified atom stereocenters. The number of hydrogen-bond donors (Lipinski definition) is 2. The lowest BCUT2D eigenvalue weighted by atomic mass is 10.0. The zero-order chi connectivity index (χ0) is 22.7. The summed E-state index contributed by atoms with van der Waals surface area (Å²) < 4.78 is 6.10. The van der Waals surface area contributed by atoms with E-state index in [0.29, 0.717) is 16.5 Å². The van der Waals surface area contributed by atoms with Crippen LogP contribution in [-0.4, -0.2) is 6.03 Å². The first kappa shape index (κ1) is 22.0. The number of fused-ring (bicyclic) bond motifs is 1. The molecule has 0 atom stereocenters. The van der Waals surface area contributed by atoms with E-state index in [4.69, 9.17) is 16.0 Å². The van der Waals surface area contributed by atoms with Gasteiger partial charge in [-0.1, -0.05) is 74.8 Å². The third-order valence-electron chi connectivity index (χ3n) is 5.77. The quantitative estimate of drug-likeness (QED) is 0.314. The van der Waals surface area contributed by atoms with Gasteiger partial charge in [0.2, 0.25) is 5.88 Å². The van der Waals surface area contributed by atoms with Crippen molar-refractivity contribution in [3.63, 3.8) is 0 Å². The summed E-state index contributed by atoms with van der Waals surface area (Å²) in [7, 11) is 0. The number of amides is 2. The van der Waals surface area contributed by atoms with Crippen molar-refractivity contribution in [2.24, 2.45) is 0 Å². The van der Waals surface area contributed by atoms with E-state index in [1.807, 2.05) is 54.6 Å². The molecule has 3 aromatic carbocycles. The molecule has 0 saturated heterocycles. The van der Waals surface area contributed by atoms with Crippen LogP contribution in [0.3, 0.4) is 0 Å². The highest BCUT2D eigenvalue weighted by Crippen LogP contribution is 2.42. The average molecular weight is 447 g/mol. The Morgan fingerprint density at radius 2 is 1.59 bits per heavy atom. The highest BCUT2D eigenvalue weighted by atomic mass is 35.5. The summed E-state index contributed by atoms with van der Waals surface area (Å²) in [5.41, 5.74) is 6.56. The fourth-order valence-electron chi connectivity index (χ4n) is 4.04. The van der Waals surface area contributed by atoms with E-state index in [0.717, 1.165) is 52.6 Å². The number of hydrogen-bond acceptors (Lipinski definition) is 2. The van der Waals surface area contributed by atoms with Crippen LogP contribution in [-0.2, 0) is 19.3 Å². The van der Waals surface area contributed by atoms with Crippen LogP contribution in [0.2, 0.25) is 5.02 Å². The lowest BCUT2D eigenvalue weighted by Gasteiger charge is -2.15. The normalized spacial score (nSPS) is 11.0. The van der Waals surface area contributed by atoms with Gasteiger partial charge in [-0.15, -0.1) is 0 Å². The van der Waals surface area contributed by atoms with Crippen molar-refractivity contribution in [3.05, 3.63) is 82.4 Å². The molecule has 4 rings (SSSR count). The van der Waals surface area contributed by atoms with E-state index in [1.165, 1.54) is 5.56 Å². The van der Waals surface area contributed by atoms with E-state index < -0.39 is 0 Å². The van der Waals surface area contributed by atoms with Crippen molar-refractivity contribution < 1.29 is 9.21 Å². The van der Waals surface area contributed by atoms with Gasteiger partial charge in [0.1, 0.15) is 5.58 Å². The summed E-state index contributed by atoms with van der Waals surface area (Å²) >= 11 is 6.54.